The lowest BCUT2D eigenvalue weighted by Gasteiger charge is -2.59. The van der Waals surface area contributed by atoms with Gasteiger partial charge in [0.1, 0.15) is 19.3 Å². The van der Waals surface area contributed by atoms with E-state index in [1.165, 1.54) is 0 Å². The van der Waals surface area contributed by atoms with E-state index in [2.05, 4.69) is 13.5 Å². The zero-order valence-corrected chi connectivity index (χ0v) is 21.9. The van der Waals surface area contributed by atoms with Gasteiger partial charge in [0, 0.05) is 11.3 Å². The van der Waals surface area contributed by atoms with Gasteiger partial charge in [-0.3, -0.25) is 19.2 Å². The highest BCUT2D eigenvalue weighted by molar-refractivity contribution is 5.93. The number of hydrogen-bond acceptors (Lipinski definition) is 8. The van der Waals surface area contributed by atoms with Crippen LogP contribution >= 0.6 is 0 Å². The number of carboxylic acid groups (broad SMARTS) is 2. The third kappa shape index (κ3) is 6.52. The first-order valence-corrected chi connectivity index (χ1v) is 12.9. The number of cyclic esters (lactones) is 1. The molecule has 2 aliphatic carbocycles. The van der Waals surface area contributed by atoms with Crippen molar-refractivity contribution in [3.63, 3.8) is 0 Å². The van der Waals surface area contributed by atoms with Crippen LogP contribution in [0.25, 0.3) is 0 Å². The maximum atomic E-state index is 12.5. The summed E-state index contributed by atoms with van der Waals surface area (Å²) >= 11 is 0. The Hall–Kier alpha value is -3.43. The van der Waals surface area contributed by atoms with Gasteiger partial charge in [0.25, 0.3) is 0 Å². The lowest BCUT2D eigenvalue weighted by molar-refractivity contribution is -0.192. The zero-order valence-electron chi connectivity index (χ0n) is 21.9. The van der Waals surface area contributed by atoms with Crippen LogP contribution in [0, 0.1) is 22.7 Å². The lowest BCUT2D eigenvalue weighted by Crippen LogP contribution is -2.58. The molecule has 1 heterocycles. The fourth-order valence-electron chi connectivity index (χ4n) is 6.30. The Morgan fingerprint density at radius 3 is 2.34 bits per heavy atom. The molecule has 0 saturated heterocycles. The highest BCUT2D eigenvalue weighted by Gasteiger charge is 2.59. The summed E-state index contributed by atoms with van der Waals surface area (Å²) in [5.41, 5.74) is 0.328. The third-order valence-corrected chi connectivity index (χ3v) is 8.30. The molecule has 208 valence electrons. The van der Waals surface area contributed by atoms with Gasteiger partial charge in [0.2, 0.25) is 0 Å². The molecule has 0 amide bonds. The first-order chi connectivity index (χ1) is 17.9. The summed E-state index contributed by atoms with van der Waals surface area (Å²) in [5.74, 6) is -4.05. The first kappa shape index (κ1) is 29.1. The van der Waals surface area contributed by atoms with E-state index in [1.54, 1.807) is 12.2 Å². The second-order valence-corrected chi connectivity index (χ2v) is 10.8. The number of hydrogen-bond donors (Lipinski definition) is 2. The minimum atomic E-state index is -1.11. The summed E-state index contributed by atoms with van der Waals surface area (Å²) < 4.78 is 16.4. The standard InChI is InChI=1S/C28H36O10/c1-17-4-7-20-27(2,19(17)6-5-18-13-15-36-26(18)35)14-12-21(38-25(34)11-9-23(31)32)28(20,3)16-37-24(33)10-8-22(29)30/h5-6,13,19-21H,1,4,7-12,14-16H2,2-3H3,(H,29,30)(H,31,32)/t19?,20?,21-,27+,28+/m1/s1. The van der Waals surface area contributed by atoms with E-state index in [0.717, 1.165) is 5.57 Å². The molecule has 1 aliphatic heterocycles. The van der Waals surface area contributed by atoms with Gasteiger partial charge in [-0.05, 0) is 43.1 Å². The van der Waals surface area contributed by atoms with Crippen LogP contribution in [0.5, 0.6) is 0 Å². The third-order valence-electron chi connectivity index (χ3n) is 8.30. The molecule has 2 N–H and O–H groups in total. The van der Waals surface area contributed by atoms with Gasteiger partial charge in [0.05, 0.1) is 31.3 Å². The molecule has 0 bridgehead atoms. The van der Waals surface area contributed by atoms with Crippen LogP contribution in [0.15, 0.2) is 36.0 Å². The van der Waals surface area contributed by atoms with Crippen molar-refractivity contribution >= 4 is 29.8 Å². The lowest BCUT2D eigenvalue weighted by atomic mass is 9.46. The van der Waals surface area contributed by atoms with Gasteiger partial charge in [0.15, 0.2) is 0 Å². The summed E-state index contributed by atoms with van der Waals surface area (Å²) in [6.07, 6.45) is 6.10. The van der Waals surface area contributed by atoms with Gasteiger partial charge < -0.3 is 24.4 Å². The van der Waals surface area contributed by atoms with Crippen molar-refractivity contribution in [1.82, 2.24) is 0 Å². The maximum Gasteiger partial charge on any atom is 0.338 e. The molecular weight excluding hydrogens is 496 g/mol. The van der Waals surface area contributed by atoms with Gasteiger partial charge in [-0.25, -0.2) is 4.79 Å². The smallest absolute Gasteiger partial charge is 0.338 e. The predicted octanol–water partition coefficient (Wildman–Crippen LogP) is 3.60. The van der Waals surface area contributed by atoms with E-state index >= 15 is 0 Å². The zero-order chi connectivity index (χ0) is 28.1. The molecule has 0 radical (unpaired) electrons. The van der Waals surface area contributed by atoms with Crippen LogP contribution < -0.4 is 0 Å². The normalized spacial score (nSPS) is 30.8. The summed E-state index contributed by atoms with van der Waals surface area (Å²) in [4.78, 5) is 58.6. The van der Waals surface area contributed by atoms with Crippen molar-refractivity contribution in [2.45, 2.75) is 71.3 Å². The second kappa shape index (κ2) is 12.0. The molecule has 10 heteroatoms. The monoisotopic (exact) mass is 532 g/mol. The topological polar surface area (TPSA) is 154 Å². The quantitative estimate of drug-likeness (QED) is 0.229. The summed E-state index contributed by atoms with van der Waals surface area (Å²) in [5, 5.41) is 17.8. The SMILES string of the molecule is C=C1CCC2[C@@](C)(CC[C@@H](OC(=O)CCC(=O)O)[C@@]2(C)COC(=O)CCC(=O)O)C1C=CC1=CCOC1=O. The van der Waals surface area contributed by atoms with Crippen molar-refractivity contribution in [2.24, 2.45) is 22.7 Å². The molecule has 0 aromatic carbocycles. The van der Waals surface area contributed by atoms with Crippen LogP contribution in [0.1, 0.15) is 65.2 Å². The molecule has 5 atom stereocenters. The number of allylic oxidation sites excluding steroid dienone is 2. The largest absolute Gasteiger partial charge is 0.481 e. The fraction of sp³-hybridized carbons (Fsp3) is 0.607. The van der Waals surface area contributed by atoms with Gasteiger partial charge in [-0.1, -0.05) is 38.2 Å². The number of carboxylic acids is 2. The van der Waals surface area contributed by atoms with Crippen LogP contribution in [0.3, 0.4) is 0 Å². The van der Waals surface area contributed by atoms with Crippen LogP contribution in [0.4, 0.5) is 0 Å². The average Bonchev–Trinajstić information content (AvgIpc) is 3.26. The molecule has 2 unspecified atom stereocenters. The summed E-state index contributed by atoms with van der Waals surface area (Å²) in [6.45, 7) is 8.49. The Bertz CT molecular complexity index is 1060. The molecular formula is C28H36O10. The van der Waals surface area contributed by atoms with Gasteiger partial charge >= 0.3 is 29.8 Å². The molecule has 10 nitrogen and oxygen atoms in total. The number of fused-ring (bicyclic) bond motifs is 1. The fourth-order valence-corrected chi connectivity index (χ4v) is 6.30. The minimum Gasteiger partial charge on any atom is -0.481 e. The van der Waals surface area contributed by atoms with Crippen LogP contribution in [-0.2, 0) is 38.2 Å². The van der Waals surface area contributed by atoms with Gasteiger partial charge in [-0.15, -0.1) is 0 Å². The van der Waals surface area contributed by atoms with Crippen LogP contribution in [-0.4, -0.2) is 59.4 Å². The number of carbonyl (C=O) groups is 5. The van der Waals surface area contributed by atoms with E-state index in [1.807, 2.05) is 13.0 Å². The Labute approximate surface area is 221 Å². The first-order valence-electron chi connectivity index (χ1n) is 12.9. The summed E-state index contributed by atoms with van der Waals surface area (Å²) in [7, 11) is 0. The second-order valence-electron chi connectivity index (χ2n) is 10.8. The van der Waals surface area contributed by atoms with Crippen molar-refractivity contribution < 1.29 is 48.4 Å². The number of esters is 3. The van der Waals surface area contributed by atoms with Crippen molar-refractivity contribution in [3.05, 3.63) is 36.0 Å². The molecule has 3 aliphatic rings. The van der Waals surface area contributed by atoms with Crippen LogP contribution in [0.2, 0.25) is 0 Å². The van der Waals surface area contributed by atoms with Crippen molar-refractivity contribution in [3.8, 4) is 0 Å². The number of ether oxygens (including phenoxy) is 3. The molecule has 0 aromatic rings. The van der Waals surface area contributed by atoms with E-state index in [-0.39, 0.29) is 62.1 Å². The molecule has 2 saturated carbocycles. The van der Waals surface area contributed by atoms with Crippen molar-refractivity contribution in [2.75, 3.05) is 13.2 Å². The highest BCUT2D eigenvalue weighted by Crippen LogP contribution is 2.62. The van der Waals surface area contributed by atoms with Gasteiger partial charge in [-0.2, -0.15) is 0 Å². The average molecular weight is 533 g/mol. The molecule has 38 heavy (non-hydrogen) atoms. The maximum absolute atomic E-state index is 12.5. The molecule has 0 aromatic heterocycles. The van der Waals surface area contributed by atoms with E-state index in [4.69, 9.17) is 24.4 Å². The molecule has 0 spiro atoms. The Morgan fingerprint density at radius 2 is 1.74 bits per heavy atom. The minimum absolute atomic E-state index is 0.0804. The molecule has 3 rings (SSSR count). The Balaban J connectivity index is 1.88. The Kier molecular flexibility index (Phi) is 9.17. The van der Waals surface area contributed by atoms with E-state index in [9.17, 15) is 24.0 Å². The summed E-state index contributed by atoms with van der Waals surface area (Å²) in [6, 6.07) is 0. The van der Waals surface area contributed by atoms with E-state index < -0.39 is 35.4 Å². The van der Waals surface area contributed by atoms with E-state index in [0.29, 0.717) is 31.3 Å². The molecule has 2 fully saturated rings. The number of aliphatic carboxylic acids is 2. The Morgan fingerprint density at radius 1 is 1.08 bits per heavy atom. The number of carbonyl (C=O) groups excluding carboxylic acids is 3. The number of rotatable bonds is 11. The predicted molar refractivity (Wildman–Crippen MR) is 134 cm³/mol. The highest BCUT2D eigenvalue weighted by atomic mass is 16.6. The van der Waals surface area contributed by atoms with Crippen molar-refractivity contribution in [1.29, 1.82) is 0 Å².